The van der Waals surface area contributed by atoms with E-state index in [2.05, 4.69) is 15.0 Å². The van der Waals surface area contributed by atoms with Gasteiger partial charge in [0, 0.05) is 25.5 Å². The molecule has 3 heterocycles. The van der Waals surface area contributed by atoms with E-state index in [0.717, 1.165) is 17.5 Å². The van der Waals surface area contributed by atoms with Crippen LogP contribution in [-0.2, 0) is 0 Å². The molecule has 22 heavy (non-hydrogen) atoms. The predicted octanol–water partition coefficient (Wildman–Crippen LogP) is 2.25. The molecule has 1 aliphatic rings. The molecule has 4 rings (SSSR count). The number of rotatable bonds is 2. The van der Waals surface area contributed by atoms with Crippen molar-refractivity contribution < 1.29 is 9.21 Å². The minimum atomic E-state index is -0.0424. The van der Waals surface area contributed by atoms with Gasteiger partial charge in [-0.3, -0.25) is 4.79 Å². The van der Waals surface area contributed by atoms with Crippen molar-refractivity contribution in [1.82, 2.24) is 19.9 Å². The van der Waals surface area contributed by atoms with Gasteiger partial charge in [-0.25, -0.2) is 15.0 Å². The summed E-state index contributed by atoms with van der Waals surface area (Å²) in [5.41, 5.74) is 2.16. The predicted molar refractivity (Wildman–Crippen MR) is 79.3 cm³/mol. The second-order valence-electron chi connectivity index (χ2n) is 5.38. The summed E-state index contributed by atoms with van der Waals surface area (Å²) in [6.07, 6.45) is 5.36. The molecule has 1 fully saturated rings. The Morgan fingerprint density at radius 2 is 2.05 bits per heavy atom. The molecule has 1 aromatic carbocycles. The van der Waals surface area contributed by atoms with E-state index in [1.54, 1.807) is 17.3 Å². The highest BCUT2D eigenvalue weighted by atomic mass is 16.3. The third-order valence-electron chi connectivity index (χ3n) is 3.94. The summed E-state index contributed by atoms with van der Waals surface area (Å²) in [5.74, 6) is 0.806. The lowest BCUT2D eigenvalue weighted by molar-refractivity contribution is 0.0789. The zero-order valence-corrected chi connectivity index (χ0v) is 11.8. The molecule has 0 bridgehead atoms. The highest BCUT2D eigenvalue weighted by Gasteiger charge is 2.31. The summed E-state index contributed by atoms with van der Waals surface area (Å²) in [7, 11) is 0. The Kier molecular flexibility index (Phi) is 3.07. The number of oxazole rings is 1. The number of aromatic nitrogens is 3. The van der Waals surface area contributed by atoms with Gasteiger partial charge in [-0.05, 0) is 18.6 Å². The molecular formula is C16H14N4O2. The normalized spacial score (nSPS) is 18.0. The Labute approximate surface area is 126 Å². The number of fused-ring (bicyclic) bond motifs is 1. The van der Waals surface area contributed by atoms with Gasteiger partial charge in [0.05, 0.1) is 11.5 Å². The quantitative estimate of drug-likeness (QED) is 0.725. The van der Waals surface area contributed by atoms with E-state index < -0.39 is 0 Å². The molecule has 1 saturated heterocycles. The number of likely N-dealkylation sites (tertiary alicyclic amines) is 1. The lowest BCUT2D eigenvalue weighted by Crippen LogP contribution is -2.28. The molecule has 1 aliphatic heterocycles. The highest BCUT2D eigenvalue weighted by Crippen LogP contribution is 2.29. The van der Waals surface area contributed by atoms with Crippen LogP contribution in [0.5, 0.6) is 0 Å². The number of amides is 1. The van der Waals surface area contributed by atoms with E-state index in [4.69, 9.17) is 4.42 Å². The maximum absolute atomic E-state index is 12.4. The summed E-state index contributed by atoms with van der Waals surface area (Å²) in [6.45, 7) is 1.30. The van der Waals surface area contributed by atoms with E-state index >= 15 is 0 Å². The number of carbonyl (C=O) groups excluding carboxylic acids is 1. The Balaban J connectivity index is 1.53. The van der Waals surface area contributed by atoms with Gasteiger partial charge in [-0.2, -0.15) is 0 Å². The Hall–Kier alpha value is -2.76. The summed E-state index contributed by atoms with van der Waals surface area (Å²) in [6, 6.07) is 7.71. The van der Waals surface area contributed by atoms with Crippen LogP contribution in [-0.4, -0.2) is 38.8 Å². The summed E-state index contributed by atoms with van der Waals surface area (Å²) in [4.78, 5) is 26.5. The van der Waals surface area contributed by atoms with Gasteiger partial charge in [-0.1, -0.05) is 12.1 Å². The first-order chi connectivity index (χ1) is 10.8. The molecule has 6 nitrogen and oxygen atoms in total. The van der Waals surface area contributed by atoms with E-state index in [-0.39, 0.29) is 11.8 Å². The van der Waals surface area contributed by atoms with Gasteiger partial charge in [0.2, 0.25) is 0 Å². The lowest BCUT2D eigenvalue weighted by atomic mass is 10.1. The van der Waals surface area contributed by atoms with Crippen LogP contribution in [0.2, 0.25) is 0 Å². The molecule has 1 amide bonds. The molecule has 6 heteroatoms. The number of nitrogens with zero attached hydrogens (tertiary/aromatic N) is 4. The SMILES string of the molecule is O=C(c1cncnc1)N1CC[C@H](c2nc3ccccc3o2)C1. The van der Waals surface area contributed by atoms with Gasteiger partial charge < -0.3 is 9.32 Å². The first kappa shape index (κ1) is 12.9. The van der Waals surface area contributed by atoms with Crippen LogP contribution in [0.1, 0.15) is 28.6 Å². The standard InChI is InChI=1S/C16H14N4O2/c21-16(12-7-17-10-18-8-12)20-6-5-11(9-20)15-19-13-3-1-2-4-14(13)22-15/h1-4,7-8,10-11H,5-6,9H2/t11-/m0/s1. The van der Waals surface area contributed by atoms with Crippen molar-refractivity contribution in [1.29, 1.82) is 0 Å². The first-order valence-electron chi connectivity index (χ1n) is 7.21. The largest absolute Gasteiger partial charge is 0.440 e. The van der Waals surface area contributed by atoms with Crippen LogP contribution in [0.3, 0.4) is 0 Å². The molecule has 0 spiro atoms. The second kappa shape index (κ2) is 5.22. The van der Waals surface area contributed by atoms with Crippen molar-refractivity contribution in [2.24, 2.45) is 0 Å². The van der Waals surface area contributed by atoms with Gasteiger partial charge in [-0.15, -0.1) is 0 Å². The molecule has 0 aliphatic carbocycles. The summed E-state index contributed by atoms with van der Waals surface area (Å²) in [5, 5.41) is 0. The Bertz CT molecular complexity index is 782. The van der Waals surface area contributed by atoms with Crippen molar-refractivity contribution in [3.05, 3.63) is 54.4 Å². The number of benzene rings is 1. The second-order valence-corrected chi connectivity index (χ2v) is 5.38. The van der Waals surface area contributed by atoms with Crippen molar-refractivity contribution in [2.75, 3.05) is 13.1 Å². The van der Waals surface area contributed by atoms with E-state index in [0.29, 0.717) is 24.5 Å². The summed E-state index contributed by atoms with van der Waals surface area (Å²) < 4.78 is 5.81. The lowest BCUT2D eigenvalue weighted by Gasteiger charge is -2.15. The van der Waals surface area contributed by atoms with E-state index in [9.17, 15) is 4.79 Å². The average molecular weight is 294 g/mol. The first-order valence-corrected chi connectivity index (χ1v) is 7.21. The van der Waals surface area contributed by atoms with E-state index in [1.807, 2.05) is 24.3 Å². The third-order valence-corrected chi connectivity index (χ3v) is 3.94. The van der Waals surface area contributed by atoms with Gasteiger partial charge in [0.15, 0.2) is 11.5 Å². The van der Waals surface area contributed by atoms with Crippen molar-refractivity contribution in [2.45, 2.75) is 12.3 Å². The zero-order chi connectivity index (χ0) is 14.9. The molecule has 1 atom stereocenters. The van der Waals surface area contributed by atoms with Crippen molar-refractivity contribution in [3.63, 3.8) is 0 Å². The molecule has 0 radical (unpaired) electrons. The summed E-state index contributed by atoms with van der Waals surface area (Å²) >= 11 is 0. The van der Waals surface area contributed by atoms with Crippen molar-refractivity contribution >= 4 is 17.0 Å². The maximum atomic E-state index is 12.4. The van der Waals surface area contributed by atoms with Gasteiger partial charge in [0.1, 0.15) is 11.8 Å². The van der Waals surface area contributed by atoms with E-state index in [1.165, 1.54) is 6.33 Å². The topological polar surface area (TPSA) is 72.1 Å². The average Bonchev–Trinajstić information content (AvgIpc) is 3.21. The molecule has 110 valence electrons. The fourth-order valence-corrected chi connectivity index (χ4v) is 2.80. The fourth-order valence-electron chi connectivity index (χ4n) is 2.80. The number of carbonyl (C=O) groups is 1. The number of para-hydroxylation sites is 2. The fraction of sp³-hybridized carbons (Fsp3) is 0.250. The van der Waals surface area contributed by atoms with Crippen LogP contribution in [0, 0.1) is 0 Å². The van der Waals surface area contributed by atoms with Gasteiger partial charge in [0.25, 0.3) is 5.91 Å². The number of hydrogen-bond donors (Lipinski definition) is 0. The van der Waals surface area contributed by atoms with Gasteiger partial charge >= 0.3 is 0 Å². The number of hydrogen-bond acceptors (Lipinski definition) is 5. The van der Waals surface area contributed by atoms with Crippen LogP contribution < -0.4 is 0 Å². The van der Waals surface area contributed by atoms with Crippen molar-refractivity contribution in [3.8, 4) is 0 Å². The van der Waals surface area contributed by atoms with Crippen LogP contribution in [0.15, 0.2) is 47.4 Å². The third kappa shape index (κ3) is 2.22. The Morgan fingerprint density at radius 3 is 2.86 bits per heavy atom. The van der Waals surface area contributed by atoms with Crippen LogP contribution in [0.4, 0.5) is 0 Å². The highest BCUT2D eigenvalue weighted by molar-refractivity contribution is 5.93. The molecule has 3 aromatic rings. The molecule has 2 aromatic heterocycles. The molecular weight excluding hydrogens is 280 g/mol. The minimum Gasteiger partial charge on any atom is -0.440 e. The molecule has 0 unspecified atom stereocenters. The van der Waals surface area contributed by atoms with Crippen LogP contribution in [0.25, 0.3) is 11.1 Å². The monoisotopic (exact) mass is 294 g/mol. The minimum absolute atomic E-state index is 0.0424. The van der Waals surface area contributed by atoms with Crippen LogP contribution >= 0.6 is 0 Å². The zero-order valence-electron chi connectivity index (χ0n) is 11.8. The molecule has 0 N–H and O–H groups in total. The smallest absolute Gasteiger partial charge is 0.257 e. The Morgan fingerprint density at radius 1 is 1.23 bits per heavy atom. The maximum Gasteiger partial charge on any atom is 0.257 e. The molecule has 0 saturated carbocycles.